The normalized spacial score (nSPS) is 13.7. The number of hydrogen-bond donors (Lipinski definition) is 1. The van der Waals surface area contributed by atoms with Gasteiger partial charge in [0, 0.05) is 6.54 Å². The monoisotopic (exact) mass is 474 g/mol. The van der Waals surface area contributed by atoms with Gasteiger partial charge in [0.2, 0.25) is 11.7 Å². The van der Waals surface area contributed by atoms with Crippen LogP contribution in [0.5, 0.6) is 0 Å². The Morgan fingerprint density at radius 3 is 1.74 bits per heavy atom. The second kappa shape index (κ2) is 9.05. The highest BCUT2D eigenvalue weighted by Crippen LogP contribution is 2.29. The van der Waals surface area contributed by atoms with Crippen LogP contribution in [0.4, 0.5) is 27.6 Å². The molecule has 1 atom stereocenters. The van der Waals surface area contributed by atoms with E-state index in [1.165, 1.54) is 12.1 Å². The maximum Gasteiger partial charge on any atom is 0.261 e. The fraction of sp³-hybridized carbons (Fsp3) is 0.125. The Kier molecular flexibility index (Phi) is 6.14. The van der Waals surface area contributed by atoms with Gasteiger partial charge in [-0.05, 0) is 24.1 Å². The summed E-state index contributed by atoms with van der Waals surface area (Å²) in [4.78, 5) is 39.2. The molecule has 0 aliphatic carbocycles. The number of imide groups is 1. The zero-order chi connectivity index (χ0) is 24.6. The van der Waals surface area contributed by atoms with Crippen molar-refractivity contribution >= 4 is 23.4 Å². The highest BCUT2D eigenvalue weighted by atomic mass is 19.2. The van der Waals surface area contributed by atoms with Gasteiger partial charge < -0.3 is 5.32 Å². The van der Waals surface area contributed by atoms with Gasteiger partial charge in [0.1, 0.15) is 5.69 Å². The molecule has 4 rings (SSSR count). The number of hydrogen-bond acceptors (Lipinski definition) is 3. The molecule has 0 radical (unpaired) electrons. The standard InChI is InChI=1S/C24H15F5N2O3/c25-16-17(26)19(28)21(20(29)18(16)27)30-22(32)13(10-12-6-2-1-3-7-12)11-31-23(33)14-8-4-5-9-15(14)24(31)34/h1-9,13H,10-11H2,(H,30,32). The summed E-state index contributed by atoms with van der Waals surface area (Å²) in [5.74, 6) is -14.9. The molecule has 1 unspecified atom stereocenters. The number of anilines is 1. The van der Waals surface area contributed by atoms with E-state index in [4.69, 9.17) is 0 Å². The Morgan fingerprint density at radius 1 is 0.735 bits per heavy atom. The van der Waals surface area contributed by atoms with Crippen molar-refractivity contribution in [2.45, 2.75) is 6.42 Å². The van der Waals surface area contributed by atoms with Crippen molar-refractivity contribution in [2.75, 3.05) is 11.9 Å². The molecule has 3 amide bonds. The third kappa shape index (κ3) is 4.02. The summed E-state index contributed by atoms with van der Waals surface area (Å²) in [5, 5.41) is 1.75. The molecule has 0 fully saturated rings. The number of benzene rings is 3. The summed E-state index contributed by atoms with van der Waals surface area (Å²) >= 11 is 0. The molecule has 10 heteroatoms. The number of nitrogens with one attached hydrogen (secondary N) is 1. The van der Waals surface area contributed by atoms with E-state index in [9.17, 15) is 36.3 Å². The maximum atomic E-state index is 14.1. The summed E-state index contributed by atoms with van der Waals surface area (Å²) < 4.78 is 68.7. The van der Waals surface area contributed by atoms with Crippen molar-refractivity contribution in [3.8, 4) is 0 Å². The first-order valence-corrected chi connectivity index (χ1v) is 10.0. The van der Waals surface area contributed by atoms with Crippen LogP contribution >= 0.6 is 0 Å². The molecule has 1 aliphatic heterocycles. The fourth-order valence-corrected chi connectivity index (χ4v) is 3.70. The Labute approximate surface area is 189 Å². The molecule has 34 heavy (non-hydrogen) atoms. The Bertz CT molecular complexity index is 1250. The highest BCUT2D eigenvalue weighted by molar-refractivity contribution is 6.21. The molecular formula is C24H15F5N2O3. The average molecular weight is 474 g/mol. The first kappa shape index (κ1) is 23.1. The minimum atomic E-state index is -2.36. The van der Waals surface area contributed by atoms with E-state index >= 15 is 0 Å². The van der Waals surface area contributed by atoms with Crippen LogP contribution < -0.4 is 5.32 Å². The summed E-state index contributed by atoms with van der Waals surface area (Å²) in [5.41, 5.74) is -0.671. The lowest BCUT2D eigenvalue weighted by molar-refractivity contribution is -0.120. The lowest BCUT2D eigenvalue weighted by Crippen LogP contribution is -2.40. The van der Waals surface area contributed by atoms with Crippen LogP contribution in [0.1, 0.15) is 26.3 Å². The van der Waals surface area contributed by atoms with Crippen molar-refractivity contribution in [3.63, 3.8) is 0 Å². The van der Waals surface area contributed by atoms with Crippen LogP contribution in [0.2, 0.25) is 0 Å². The van der Waals surface area contributed by atoms with Gasteiger partial charge in [-0.2, -0.15) is 0 Å². The SMILES string of the molecule is O=C(Nc1c(F)c(F)c(F)c(F)c1F)C(Cc1ccccc1)CN1C(=O)c2ccccc2C1=O. The number of carbonyl (C=O) groups excluding carboxylic acids is 3. The molecule has 174 valence electrons. The first-order valence-electron chi connectivity index (χ1n) is 10.0. The van der Waals surface area contributed by atoms with E-state index in [2.05, 4.69) is 0 Å². The van der Waals surface area contributed by atoms with Crippen molar-refractivity contribution in [1.82, 2.24) is 4.90 Å². The Balaban J connectivity index is 1.66. The number of amides is 3. The zero-order valence-corrected chi connectivity index (χ0v) is 17.2. The van der Waals surface area contributed by atoms with Crippen LogP contribution in [0, 0.1) is 35.0 Å². The molecule has 0 spiro atoms. The smallest absolute Gasteiger partial charge is 0.261 e. The molecule has 1 N–H and O–H groups in total. The minimum Gasteiger partial charge on any atom is -0.321 e. The van der Waals surface area contributed by atoms with Gasteiger partial charge in [0.05, 0.1) is 17.0 Å². The molecule has 0 bridgehead atoms. The van der Waals surface area contributed by atoms with Gasteiger partial charge in [-0.25, -0.2) is 22.0 Å². The minimum absolute atomic E-state index is 0.0878. The number of halogens is 5. The van der Waals surface area contributed by atoms with E-state index in [0.29, 0.717) is 5.56 Å². The molecule has 0 saturated carbocycles. The van der Waals surface area contributed by atoms with Gasteiger partial charge in [0.15, 0.2) is 23.3 Å². The lowest BCUT2D eigenvalue weighted by atomic mass is 9.97. The number of nitrogens with zero attached hydrogens (tertiary/aromatic N) is 1. The largest absolute Gasteiger partial charge is 0.321 e. The first-order chi connectivity index (χ1) is 16.2. The summed E-state index contributed by atoms with van der Waals surface area (Å²) in [6.45, 7) is -0.484. The maximum absolute atomic E-state index is 14.1. The fourth-order valence-electron chi connectivity index (χ4n) is 3.70. The molecule has 1 heterocycles. The Morgan fingerprint density at radius 2 is 1.21 bits per heavy atom. The topological polar surface area (TPSA) is 66.5 Å². The van der Waals surface area contributed by atoms with Crippen molar-refractivity contribution in [1.29, 1.82) is 0 Å². The number of fused-ring (bicyclic) bond motifs is 1. The molecule has 3 aromatic rings. The molecule has 0 saturated heterocycles. The second-order valence-electron chi connectivity index (χ2n) is 7.59. The summed E-state index contributed by atoms with van der Waals surface area (Å²) in [6.07, 6.45) is -0.0878. The second-order valence-corrected chi connectivity index (χ2v) is 7.59. The molecule has 3 aromatic carbocycles. The van der Waals surface area contributed by atoms with Gasteiger partial charge in [-0.3, -0.25) is 19.3 Å². The van der Waals surface area contributed by atoms with Crippen LogP contribution in [0.15, 0.2) is 54.6 Å². The van der Waals surface area contributed by atoms with Gasteiger partial charge in [-0.15, -0.1) is 0 Å². The van der Waals surface area contributed by atoms with Crippen LogP contribution in [-0.4, -0.2) is 29.2 Å². The number of carbonyl (C=O) groups is 3. The van der Waals surface area contributed by atoms with E-state index in [-0.39, 0.29) is 17.5 Å². The van der Waals surface area contributed by atoms with Crippen molar-refractivity contribution < 1.29 is 36.3 Å². The Hall–Kier alpha value is -4.08. The molecule has 5 nitrogen and oxygen atoms in total. The number of rotatable bonds is 6. The van der Waals surface area contributed by atoms with E-state index in [1.54, 1.807) is 47.8 Å². The quantitative estimate of drug-likeness (QED) is 0.248. The highest BCUT2D eigenvalue weighted by Gasteiger charge is 2.38. The lowest BCUT2D eigenvalue weighted by Gasteiger charge is -2.22. The molecule has 0 aromatic heterocycles. The van der Waals surface area contributed by atoms with Crippen LogP contribution in [-0.2, 0) is 11.2 Å². The molecule has 1 aliphatic rings. The zero-order valence-electron chi connectivity index (χ0n) is 17.2. The van der Waals surface area contributed by atoms with Crippen molar-refractivity contribution in [2.24, 2.45) is 5.92 Å². The predicted molar refractivity (Wildman–Crippen MR) is 110 cm³/mol. The van der Waals surface area contributed by atoms with E-state index in [1.807, 2.05) is 0 Å². The van der Waals surface area contributed by atoms with Gasteiger partial charge in [-0.1, -0.05) is 42.5 Å². The van der Waals surface area contributed by atoms with Crippen LogP contribution in [0.25, 0.3) is 0 Å². The molecular weight excluding hydrogens is 459 g/mol. The summed E-state index contributed by atoms with van der Waals surface area (Å²) in [6, 6.07) is 14.3. The van der Waals surface area contributed by atoms with Gasteiger partial charge >= 0.3 is 0 Å². The predicted octanol–water partition coefficient (Wildman–Crippen LogP) is 4.48. The van der Waals surface area contributed by atoms with E-state index in [0.717, 1.165) is 4.90 Å². The summed E-state index contributed by atoms with van der Waals surface area (Å²) in [7, 11) is 0. The third-order valence-electron chi connectivity index (χ3n) is 5.43. The van der Waals surface area contributed by atoms with Crippen LogP contribution in [0.3, 0.4) is 0 Å². The third-order valence-corrected chi connectivity index (χ3v) is 5.43. The van der Waals surface area contributed by atoms with Gasteiger partial charge in [0.25, 0.3) is 11.8 Å². The van der Waals surface area contributed by atoms with E-state index < -0.39 is 65.0 Å². The van der Waals surface area contributed by atoms with Crippen molar-refractivity contribution in [3.05, 3.63) is 100 Å². The average Bonchev–Trinajstić information content (AvgIpc) is 3.09.